The molecule has 1 fully saturated rings. The first-order valence-electron chi connectivity index (χ1n) is 7.78. The van der Waals surface area contributed by atoms with E-state index in [0.29, 0.717) is 16.9 Å². The third kappa shape index (κ3) is 2.94. The number of carbonyl (C=O) groups excluding carboxylic acids is 2. The van der Waals surface area contributed by atoms with E-state index in [1.54, 1.807) is 25.1 Å². The molecular weight excluding hydrogens is 360 g/mol. The van der Waals surface area contributed by atoms with Crippen LogP contribution in [-0.2, 0) is 19.2 Å². The molecule has 2 heterocycles. The maximum Gasteiger partial charge on any atom is 0.352 e. The van der Waals surface area contributed by atoms with Crippen LogP contribution in [0.4, 0.5) is 0 Å². The predicted molar refractivity (Wildman–Crippen MR) is 92.2 cm³/mol. The second kappa shape index (κ2) is 6.83. The molecule has 0 bridgehead atoms. The maximum absolute atomic E-state index is 12.5. The summed E-state index contributed by atoms with van der Waals surface area (Å²) in [5.41, 5.74) is 0.811. The van der Waals surface area contributed by atoms with E-state index in [1.807, 2.05) is 0 Å². The van der Waals surface area contributed by atoms with Gasteiger partial charge >= 0.3 is 11.9 Å². The van der Waals surface area contributed by atoms with E-state index in [-0.39, 0.29) is 5.70 Å². The fraction of sp³-hybridized carbons (Fsp3) is 0.294. The van der Waals surface area contributed by atoms with Gasteiger partial charge in [-0.15, -0.1) is 11.8 Å². The molecule has 0 spiro atoms. The zero-order chi connectivity index (χ0) is 19.0. The Morgan fingerprint density at radius 3 is 2.46 bits per heavy atom. The van der Waals surface area contributed by atoms with Crippen molar-refractivity contribution in [3.63, 3.8) is 0 Å². The number of hydrogen-bond acceptors (Lipinski definition) is 5. The Morgan fingerprint density at radius 2 is 1.88 bits per heavy atom. The van der Waals surface area contributed by atoms with Gasteiger partial charge in [-0.2, -0.15) is 0 Å². The molecule has 2 aliphatic rings. The van der Waals surface area contributed by atoms with Crippen LogP contribution in [0.2, 0.25) is 0 Å². The van der Waals surface area contributed by atoms with Crippen molar-refractivity contribution in [1.29, 1.82) is 0 Å². The summed E-state index contributed by atoms with van der Waals surface area (Å²) in [6.45, 7) is 1.64. The number of amides is 2. The molecule has 1 aromatic carbocycles. The minimum absolute atomic E-state index is 0.0675. The van der Waals surface area contributed by atoms with E-state index >= 15 is 0 Å². The molecule has 0 saturated carbocycles. The molecule has 2 aliphatic heterocycles. The summed E-state index contributed by atoms with van der Waals surface area (Å²) in [4.78, 5) is 48.9. The third-order valence-electron chi connectivity index (χ3n) is 4.30. The maximum atomic E-state index is 12.5. The van der Waals surface area contributed by atoms with Crippen molar-refractivity contribution in [2.45, 2.75) is 24.3 Å². The van der Waals surface area contributed by atoms with Gasteiger partial charge in [-0.25, -0.2) is 4.79 Å². The van der Waals surface area contributed by atoms with Crippen molar-refractivity contribution in [3.8, 4) is 0 Å². The second-order valence-corrected chi connectivity index (χ2v) is 7.12. The number of fused-ring (bicyclic) bond motifs is 1. The van der Waals surface area contributed by atoms with Gasteiger partial charge in [-0.1, -0.05) is 30.3 Å². The van der Waals surface area contributed by atoms with Crippen LogP contribution in [0, 0.1) is 0 Å². The number of hydrogen-bond donors (Lipinski definition) is 3. The average molecular weight is 376 g/mol. The summed E-state index contributed by atoms with van der Waals surface area (Å²) >= 11 is 1.33. The van der Waals surface area contributed by atoms with E-state index in [0.717, 1.165) is 4.90 Å². The number of nitrogens with one attached hydrogen (secondary N) is 1. The lowest BCUT2D eigenvalue weighted by molar-refractivity contribution is -0.152. The Kier molecular flexibility index (Phi) is 4.73. The average Bonchev–Trinajstić information content (AvgIpc) is 2.60. The summed E-state index contributed by atoms with van der Waals surface area (Å²) in [7, 11) is 0. The highest BCUT2D eigenvalue weighted by molar-refractivity contribution is 8.00. The van der Waals surface area contributed by atoms with Crippen molar-refractivity contribution in [2.75, 3.05) is 5.75 Å². The van der Waals surface area contributed by atoms with E-state index in [4.69, 9.17) is 0 Å². The van der Waals surface area contributed by atoms with E-state index < -0.39 is 41.1 Å². The Balaban J connectivity index is 1.78. The first-order valence-corrected chi connectivity index (χ1v) is 8.83. The molecule has 3 atom stereocenters. The van der Waals surface area contributed by atoms with Crippen molar-refractivity contribution >= 4 is 35.5 Å². The summed E-state index contributed by atoms with van der Waals surface area (Å²) in [5, 5.41) is 20.6. The van der Waals surface area contributed by atoms with Gasteiger partial charge < -0.3 is 15.5 Å². The predicted octanol–water partition coefficient (Wildman–Crippen LogP) is 0.613. The molecule has 2 amide bonds. The first-order chi connectivity index (χ1) is 12.3. The van der Waals surface area contributed by atoms with Crippen molar-refractivity contribution < 1.29 is 29.4 Å². The molecule has 3 N–H and O–H groups in total. The monoisotopic (exact) mass is 376 g/mol. The Labute approximate surface area is 152 Å². The highest BCUT2D eigenvalue weighted by atomic mass is 32.2. The van der Waals surface area contributed by atoms with Crippen molar-refractivity contribution in [2.24, 2.45) is 0 Å². The molecule has 0 aliphatic carbocycles. The zero-order valence-corrected chi connectivity index (χ0v) is 14.5. The van der Waals surface area contributed by atoms with Crippen molar-refractivity contribution in [1.82, 2.24) is 10.2 Å². The normalized spacial score (nSPS) is 23.0. The summed E-state index contributed by atoms with van der Waals surface area (Å²) in [6.07, 6.45) is 0. The van der Waals surface area contributed by atoms with Gasteiger partial charge in [-0.3, -0.25) is 19.3 Å². The molecule has 1 aromatic rings. The lowest BCUT2D eigenvalue weighted by Gasteiger charge is -2.49. The van der Waals surface area contributed by atoms with E-state index in [1.165, 1.54) is 23.9 Å². The third-order valence-corrected chi connectivity index (χ3v) is 5.73. The van der Waals surface area contributed by atoms with Gasteiger partial charge in [0, 0.05) is 5.75 Å². The Morgan fingerprint density at radius 1 is 1.23 bits per heavy atom. The van der Waals surface area contributed by atoms with Crippen LogP contribution in [0.1, 0.15) is 18.4 Å². The summed E-state index contributed by atoms with van der Waals surface area (Å²) in [6, 6.07) is 7.06. The Bertz CT molecular complexity index is 822. The Hall–Kier alpha value is -2.81. The van der Waals surface area contributed by atoms with Crippen molar-refractivity contribution in [3.05, 3.63) is 47.2 Å². The topological polar surface area (TPSA) is 124 Å². The SMILES string of the molecule is CC1=C(C(=O)O)N2C(=O)C(NC(=O)C(C(=O)O)c3ccccc3)[C@H]2SC1. The second-order valence-electron chi connectivity index (χ2n) is 6.01. The molecule has 0 aromatic heterocycles. The number of carboxylic acids is 2. The molecule has 2 unspecified atom stereocenters. The number of carbonyl (C=O) groups is 4. The quantitative estimate of drug-likeness (QED) is 0.508. The van der Waals surface area contributed by atoms with Gasteiger partial charge in [0.05, 0.1) is 0 Å². The number of β-lactam (4-membered cyclic amide) rings is 1. The van der Waals surface area contributed by atoms with Gasteiger partial charge in [0.25, 0.3) is 5.91 Å². The summed E-state index contributed by atoms with van der Waals surface area (Å²) < 4.78 is 0. The highest BCUT2D eigenvalue weighted by Gasteiger charge is 2.54. The molecule has 0 radical (unpaired) electrons. The smallest absolute Gasteiger partial charge is 0.352 e. The first kappa shape index (κ1) is 18.0. The van der Waals surface area contributed by atoms with E-state index in [9.17, 15) is 29.4 Å². The fourth-order valence-corrected chi connectivity index (χ4v) is 4.36. The van der Waals surface area contributed by atoms with Crippen LogP contribution >= 0.6 is 11.8 Å². The molecule has 9 heteroatoms. The van der Waals surface area contributed by atoms with Crippen LogP contribution in [0.25, 0.3) is 0 Å². The minimum atomic E-state index is -1.44. The van der Waals surface area contributed by atoms with Gasteiger partial charge in [0.15, 0.2) is 5.92 Å². The highest BCUT2D eigenvalue weighted by Crippen LogP contribution is 2.40. The lowest BCUT2D eigenvalue weighted by atomic mass is 9.96. The molecular formula is C17H16N2O6S. The van der Waals surface area contributed by atoms with Gasteiger partial charge in [0.1, 0.15) is 17.1 Å². The number of thioether (sulfide) groups is 1. The van der Waals surface area contributed by atoms with E-state index in [2.05, 4.69) is 5.32 Å². The molecule has 136 valence electrons. The van der Waals surface area contributed by atoms with Crippen LogP contribution in [0.15, 0.2) is 41.6 Å². The lowest BCUT2D eigenvalue weighted by Crippen LogP contribution is -2.70. The molecule has 3 rings (SSSR count). The standard InChI is InChI=1S/C17H16N2O6S/c1-8-7-26-15-11(14(21)19(15)12(8)17(24)25)18-13(20)10(16(22)23)9-5-3-2-4-6-9/h2-6,10-11,15H,7H2,1H3,(H,18,20)(H,22,23)(H,24,25)/t10?,11?,15-/m1/s1. The van der Waals surface area contributed by atoms with Gasteiger partial charge in [0.2, 0.25) is 5.91 Å². The fourth-order valence-electron chi connectivity index (χ4n) is 3.06. The van der Waals surface area contributed by atoms with Crippen LogP contribution in [0.5, 0.6) is 0 Å². The largest absolute Gasteiger partial charge is 0.480 e. The minimum Gasteiger partial charge on any atom is -0.480 e. The number of carboxylic acid groups (broad SMARTS) is 2. The van der Waals surface area contributed by atoms with Crippen LogP contribution in [-0.4, -0.2) is 56.0 Å². The number of benzene rings is 1. The van der Waals surface area contributed by atoms with Crippen LogP contribution < -0.4 is 5.32 Å². The zero-order valence-electron chi connectivity index (χ0n) is 13.7. The van der Waals surface area contributed by atoms with Gasteiger partial charge in [-0.05, 0) is 18.1 Å². The summed E-state index contributed by atoms with van der Waals surface area (Å²) in [5.74, 6) is -4.89. The number of aliphatic carboxylic acids is 2. The molecule has 26 heavy (non-hydrogen) atoms. The molecule has 8 nitrogen and oxygen atoms in total. The molecule has 1 saturated heterocycles. The van der Waals surface area contributed by atoms with Crippen LogP contribution in [0.3, 0.4) is 0 Å². The number of rotatable bonds is 5. The number of nitrogens with zero attached hydrogens (tertiary/aromatic N) is 1.